The molecule has 0 bridgehead atoms. The Kier molecular flexibility index (Phi) is 4.66. The summed E-state index contributed by atoms with van der Waals surface area (Å²) in [5.41, 5.74) is 2.42. The van der Waals surface area contributed by atoms with Crippen LogP contribution in [0.3, 0.4) is 0 Å². The third-order valence-corrected chi connectivity index (χ3v) is 3.93. The molecule has 1 aromatic carbocycles. The zero-order chi connectivity index (χ0) is 17.8. The monoisotopic (exact) mass is 334 g/mol. The summed E-state index contributed by atoms with van der Waals surface area (Å²) in [5.74, 6) is 0.572. The molecule has 126 valence electrons. The van der Waals surface area contributed by atoms with Gasteiger partial charge in [0.2, 0.25) is 0 Å². The van der Waals surface area contributed by atoms with Crippen LogP contribution >= 0.6 is 0 Å². The summed E-state index contributed by atoms with van der Waals surface area (Å²) in [6.07, 6.45) is 4.02. The Labute approximate surface area is 145 Å². The number of hydrogen-bond donors (Lipinski definition) is 1. The fourth-order valence-corrected chi connectivity index (χ4v) is 2.58. The molecule has 0 spiro atoms. The lowest BCUT2D eigenvalue weighted by Gasteiger charge is -2.08. The SMILES string of the molecule is CCc1oc(C(=O)NC(C#N)c2cnn(-c3ccccc3)c2)cc1C. The molecule has 1 amide bonds. The number of para-hydroxylation sites is 1. The van der Waals surface area contributed by atoms with Gasteiger partial charge in [-0.2, -0.15) is 10.4 Å². The second kappa shape index (κ2) is 7.05. The maximum Gasteiger partial charge on any atom is 0.288 e. The molecule has 1 unspecified atom stereocenters. The van der Waals surface area contributed by atoms with Crippen LogP contribution in [0.25, 0.3) is 5.69 Å². The third-order valence-electron chi connectivity index (χ3n) is 3.93. The number of carbonyl (C=O) groups is 1. The molecule has 6 nitrogen and oxygen atoms in total. The van der Waals surface area contributed by atoms with Crippen molar-refractivity contribution in [3.05, 3.63) is 71.4 Å². The van der Waals surface area contributed by atoms with Crippen LogP contribution in [0, 0.1) is 18.3 Å². The van der Waals surface area contributed by atoms with E-state index in [1.54, 1.807) is 23.1 Å². The summed E-state index contributed by atoms with van der Waals surface area (Å²) in [5, 5.41) is 16.4. The Balaban J connectivity index is 1.78. The van der Waals surface area contributed by atoms with Crippen molar-refractivity contribution in [2.75, 3.05) is 0 Å². The molecule has 1 atom stereocenters. The Hall–Kier alpha value is -3.33. The summed E-state index contributed by atoms with van der Waals surface area (Å²) in [6.45, 7) is 3.86. The van der Waals surface area contributed by atoms with Gasteiger partial charge in [0.05, 0.1) is 18.0 Å². The van der Waals surface area contributed by atoms with Gasteiger partial charge < -0.3 is 9.73 Å². The predicted molar refractivity (Wildman–Crippen MR) is 92.2 cm³/mol. The highest BCUT2D eigenvalue weighted by Gasteiger charge is 2.20. The van der Waals surface area contributed by atoms with Crippen molar-refractivity contribution < 1.29 is 9.21 Å². The summed E-state index contributed by atoms with van der Waals surface area (Å²) >= 11 is 0. The molecule has 1 N–H and O–H groups in total. The highest BCUT2D eigenvalue weighted by molar-refractivity contribution is 5.92. The normalized spacial score (nSPS) is 11.7. The van der Waals surface area contributed by atoms with Gasteiger partial charge in [-0.3, -0.25) is 4.79 Å². The standard InChI is InChI=1S/C19H18N4O2/c1-3-17-13(2)9-18(25-17)19(24)22-16(10-20)14-11-21-23(12-14)15-7-5-4-6-8-15/h4-9,11-12,16H,3H2,1-2H3,(H,22,24). The zero-order valence-electron chi connectivity index (χ0n) is 14.1. The number of hydrogen-bond acceptors (Lipinski definition) is 4. The van der Waals surface area contributed by atoms with Crippen molar-refractivity contribution in [2.45, 2.75) is 26.3 Å². The molecule has 0 aliphatic carbocycles. The van der Waals surface area contributed by atoms with Crippen LogP contribution in [-0.4, -0.2) is 15.7 Å². The Morgan fingerprint density at radius 1 is 1.40 bits per heavy atom. The van der Waals surface area contributed by atoms with Crippen molar-refractivity contribution in [2.24, 2.45) is 0 Å². The van der Waals surface area contributed by atoms with Gasteiger partial charge in [-0.1, -0.05) is 25.1 Å². The first-order valence-electron chi connectivity index (χ1n) is 8.02. The summed E-state index contributed by atoms with van der Waals surface area (Å²) in [6, 6.07) is 12.5. The average molecular weight is 334 g/mol. The molecule has 6 heteroatoms. The zero-order valence-corrected chi connectivity index (χ0v) is 14.1. The van der Waals surface area contributed by atoms with E-state index >= 15 is 0 Å². The maximum absolute atomic E-state index is 12.4. The van der Waals surface area contributed by atoms with Gasteiger partial charge in [0.1, 0.15) is 11.8 Å². The van der Waals surface area contributed by atoms with Crippen LogP contribution in [0.2, 0.25) is 0 Å². The topological polar surface area (TPSA) is 83.8 Å². The van der Waals surface area contributed by atoms with E-state index in [2.05, 4.69) is 16.5 Å². The highest BCUT2D eigenvalue weighted by Crippen LogP contribution is 2.18. The minimum Gasteiger partial charge on any atom is -0.456 e. The van der Waals surface area contributed by atoms with E-state index in [4.69, 9.17) is 4.42 Å². The molecule has 0 radical (unpaired) electrons. The van der Waals surface area contributed by atoms with Crippen LogP contribution in [0.4, 0.5) is 0 Å². The van der Waals surface area contributed by atoms with Gasteiger partial charge in [-0.25, -0.2) is 4.68 Å². The number of rotatable bonds is 5. The van der Waals surface area contributed by atoms with Crippen LogP contribution in [0.1, 0.15) is 40.4 Å². The lowest BCUT2D eigenvalue weighted by molar-refractivity contribution is 0.0915. The number of nitriles is 1. The minimum absolute atomic E-state index is 0.213. The van der Waals surface area contributed by atoms with E-state index in [1.807, 2.05) is 44.2 Å². The van der Waals surface area contributed by atoms with Gasteiger partial charge in [-0.15, -0.1) is 0 Å². The van der Waals surface area contributed by atoms with Crippen molar-refractivity contribution in [3.63, 3.8) is 0 Å². The first-order valence-corrected chi connectivity index (χ1v) is 8.02. The molecular weight excluding hydrogens is 316 g/mol. The van der Waals surface area contributed by atoms with E-state index in [1.165, 1.54) is 0 Å². The molecule has 0 aliphatic rings. The molecular formula is C19H18N4O2. The summed E-state index contributed by atoms with van der Waals surface area (Å²) in [4.78, 5) is 12.4. The van der Waals surface area contributed by atoms with E-state index < -0.39 is 11.9 Å². The first-order chi connectivity index (χ1) is 12.1. The van der Waals surface area contributed by atoms with Crippen LogP contribution in [0.15, 0.2) is 53.2 Å². The van der Waals surface area contributed by atoms with E-state index in [-0.39, 0.29) is 5.76 Å². The number of aromatic nitrogens is 2. The molecule has 2 aromatic heterocycles. The van der Waals surface area contributed by atoms with Crippen molar-refractivity contribution in [1.29, 1.82) is 5.26 Å². The van der Waals surface area contributed by atoms with Gasteiger partial charge in [0, 0.05) is 18.2 Å². The molecule has 2 heterocycles. The minimum atomic E-state index is -0.805. The maximum atomic E-state index is 12.4. The lowest BCUT2D eigenvalue weighted by atomic mass is 10.2. The summed E-state index contributed by atoms with van der Waals surface area (Å²) in [7, 11) is 0. The second-order valence-electron chi connectivity index (χ2n) is 5.66. The van der Waals surface area contributed by atoms with E-state index in [9.17, 15) is 10.1 Å². The first kappa shape index (κ1) is 16.5. The number of nitrogens with zero attached hydrogens (tertiary/aromatic N) is 3. The van der Waals surface area contributed by atoms with E-state index in [0.29, 0.717) is 12.0 Å². The average Bonchev–Trinajstić information content (AvgIpc) is 3.27. The molecule has 0 fully saturated rings. The van der Waals surface area contributed by atoms with Gasteiger partial charge >= 0.3 is 0 Å². The molecule has 0 saturated heterocycles. The van der Waals surface area contributed by atoms with Crippen molar-refractivity contribution in [1.82, 2.24) is 15.1 Å². The summed E-state index contributed by atoms with van der Waals surface area (Å²) < 4.78 is 7.20. The fraction of sp³-hybridized carbons (Fsp3) is 0.211. The smallest absolute Gasteiger partial charge is 0.288 e. The number of aryl methyl sites for hydroxylation is 2. The third kappa shape index (κ3) is 3.45. The Bertz CT molecular complexity index is 919. The molecule has 25 heavy (non-hydrogen) atoms. The second-order valence-corrected chi connectivity index (χ2v) is 5.66. The number of carbonyl (C=O) groups excluding carboxylic acids is 1. The van der Waals surface area contributed by atoms with Gasteiger partial charge in [0.15, 0.2) is 5.76 Å². The van der Waals surface area contributed by atoms with Crippen LogP contribution < -0.4 is 5.32 Å². The molecule has 0 aliphatic heterocycles. The number of amides is 1. The lowest BCUT2D eigenvalue weighted by Crippen LogP contribution is -2.27. The Morgan fingerprint density at radius 3 is 2.80 bits per heavy atom. The predicted octanol–water partition coefficient (Wildman–Crippen LogP) is 3.33. The molecule has 3 rings (SSSR count). The molecule has 3 aromatic rings. The number of furan rings is 1. The quantitative estimate of drug-likeness (QED) is 0.775. The Morgan fingerprint density at radius 2 is 2.16 bits per heavy atom. The van der Waals surface area contributed by atoms with Crippen LogP contribution in [-0.2, 0) is 6.42 Å². The number of benzene rings is 1. The number of nitrogens with one attached hydrogen (secondary N) is 1. The van der Waals surface area contributed by atoms with Crippen molar-refractivity contribution in [3.8, 4) is 11.8 Å². The largest absolute Gasteiger partial charge is 0.456 e. The van der Waals surface area contributed by atoms with Crippen molar-refractivity contribution >= 4 is 5.91 Å². The van der Waals surface area contributed by atoms with Gasteiger partial charge in [0.25, 0.3) is 5.91 Å². The van der Waals surface area contributed by atoms with E-state index in [0.717, 1.165) is 17.0 Å². The van der Waals surface area contributed by atoms with Gasteiger partial charge in [-0.05, 0) is 30.7 Å². The molecule has 0 saturated carbocycles. The van der Waals surface area contributed by atoms with Crippen LogP contribution in [0.5, 0.6) is 0 Å². The highest BCUT2D eigenvalue weighted by atomic mass is 16.4. The fourth-order valence-electron chi connectivity index (χ4n) is 2.58.